The van der Waals surface area contributed by atoms with Crippen molar-refractivity contribution in [1.29, 1.82) is 0 Å². The van der Waals surface area contributed by atoms with E-state index in [0.29, 0.717) is 6.42 Å². The number of carboxylic acid groups (broad SMARTS) is 1. The molecule has 6 nitrogen and oxygen atoms in total. The second-order valence-electron chi connectivity index (χ2n) is 6.35. The zero-order valence-electron chi connectivity index (χ0n) is 14.1. The summed E-state index contributed by atoms with van der Waals surface area (Å²) in [6.45, 7) is 3.74. The monoisotopic (exact) mass is 355 g/mol. The van der Waals surface area contributed by atoms with Crippen LogP contribution in [-0.4, -0.2) is 48.1 Å². The molecule has 0 amide bonds. The predicted octanol–water partition coefficient (Wildman–Crippen LogP) is 1.88. The number of hydrogen-bond donors (Lipinski definition) is 2. The van der Waals surface area contributed by atoms with E-state index in [0.717, 1.165) is 12.0 Å². The van der Waals surface area contributed by atoms with E-state index in [4.69, 9.17) is 0 Å². The van der Waals surface area contributed by atoms with E-state index in [1.807, 2.05) is 13.8 Å². The standard InChI is InChI=1S/C17H25NO5S/c1-3-10-17(16(20)21)12-18(11-9-15(17)19)24(22,23)14-7-5-13(4-2)6-8-14/h5-8,15,19H,3-4,9-12H2,1-2H3,(H,20,21)/t15-,17+/m1/s1. The fraction of sp³-hybridized carbons (Fsp3) is 0.588. The van der Waals surface area contributed by atoms with Gasteiger partial charge >= 0.3 is 5.97 Å². The molecule has 1 heterocycles. The summed E-state index contributed by atoms with van der Waals surface area (Å²) in [5.74, 6) is -1.14. The molecule has 1 aliphatic rings. The number of piperidine rings is 1. The van der Waals surface area contributed by atoms with E-state index in [2.05, 4.69) is 0 Å². The molecule has 134 valence electrons. The SMILES string of the molecule is CCC[C@]1(C(=O)O)CN(S(=O)(=O)c2ccc(CC)cc2)CC[C@H]1O. The van der Waals surface area contributed by atoms with Crippen molar-refractivity contribution in [3.63, 3.8) is 0 Å². The average Bonchev–Trinajstić information content (AvgIpc) is 2.56. The molecule has 0 spiro atoms. The fourth-order valence-electron chi connectivity index (χ4n) is 3.30. The lowest BCUT2D eigenvalue weighted by molar-refractivity contribution is -0.161. The molecular weight excluding hydrogens is 330 g/mol. The fourth-order valence-corrected chi connectivity index (χ4v) is 4.83. The third-order valence-corrected chi connectivity index (χ3v) is 6.70. The molecule has 2 N–H and O–H groups in total. The summed E-state index contributed by atoms with van der Waals surface area (Å²) in [7, 11) is -3.77. The van der Waals surface area contributed by atoms with Crippen LogP contribution >= 0.6 is 0 Å². The number of aryl methyl sites for hydroxylation is 1. The Kier molecular flexibility index (Phi) is 5.67. The number of aliphatic carboxylic acids is 1. The van der Waals surface area contributed by atoms with Gasteiger partial charge in [0.15, 0.2) is 0 Å². The third kappa shape index (κ3) is 3.34. The Hall–Kier alpha value is -1.44. The van der Waals surface area contributed by atoms with Gasteiger partial charge in [-0.3, -0.25) is 4.79 Å². The van der Waals surface area contributed by atoms with Crippen LogP contribution in [0.5, 0.6) is 0 Å². The summed E-state index contributed by atoms with van der Waals surface area (Å²) in [6, 6.07) is 6.65. The minimum atomic E-state index is -3.77. The van der Waals surface area contributed by atoms with Crippen LogP contribution in [0.25, 0.3) is 0 Å². The second-order valence-corrected chi connectivity index (χ2v) is 8.29. The molecule has 0 bridgehead atoms. The molecule has 0 unspecified atom stereocenters. The van der Waals surface area contributed by atoms with Gasteiger partial charge in [0.05, 0.1) is 11.0 Å². The number of benzene rings is 1. The molecular formula is C17H25NO5S. The molecule has 0 radical (unpaired) electrons. The van der Waals surface area contributed by atoms with E-state index in [1.54, 1.807) is 24.3 Å². The molecule has 0 saturated carbocycles. The van der Waals surface area contributed by atoms with Crippen molar-refractivity contribution >= 4 is 16.0 Å². The number of aliphatic hydroxyl groups excluding tert-OH is 1. The van der Waals surface area contributed by atoms with Crippen LogP contribution < -0.4 is 0 Å². The summed E-state index contributed by atoms with van der Waals surface area (Å²) in [4.78, 5) is 11.9. The highest BCUT2D eigenvalue weighted by Gasteiger charge is 2.50. The van der Waals surface area contributed by atoms with Gasteiger partial charge in [-0.2, -0.15) is 4.31 Å². The average molecular weight is 355 g/mol. The zero-order valence-corrected chi connectivity index (χ0v) is 14.9. The Bertz CT molecular complexity index is 685. The van der Waals surface area contributed by atoms with Crippen LogP contribution in [0, 0.1) is 5.41 Å². The second kappa shape index (κ2) is 7.21. The van der Waals surface area contributed by atoms with Crippen molar-refractivity contribution in [3.8, 4) is 0 Å². The van der Waals surface area contributed by atoms with E-state index in [-0.39, 0.29) is 30.8 Å². The Morgan fingerprint density at radius 2 is 1.92 bits per heavy atom. The van der Waals surface area contributed by atoms with Crippen molar-refractivity contribution in [2.24, 2.45) is 5.41 Å². The van der Waals surface area contributed by atoms with Gasteiger partial charge in [-0.15, -0.1) is 0 Å². The number of carboxylic acids is 1. The third-order valence-electron chi connectivity index (χ3n) is 4.84. The molecule has 2 atom stereocenters. The Balaban J connectivity index is 2.34. The van der Waals surface area contributed by atoms with E-state index < -0.39 is 27.5 Å². The van der Waals surface area contributed by atoms with Crippen molar-refractivity contribution in [1.82, 2.24) is 4.31 Å². The topological polar surface area (TPSA) is 94.9 Å². The van der Waals surface area contributed by atoms with Crippen molar-refractivity contribution in [3.05, 3.63) is 29.8 Å². The lowest BCUT2D eigenvalue weighted by Crippen LogP contribution is -2.57. The number of nitrogens with zero attached hydrogens (tertiary/aromatic N) is 1. The van der Waals surface area contributed by atoms with Gasteiger partial charge in [0, 0.05) is 13.1 Å². The highest BCUT2D eigenvalue weighted by atomic mass is 32.2. The molecule has 1 aromatic carbocycles. The first-order chi connectivity index (χ1) is 11.3. The summed E-state index contributed by atoms with van der Waals surface area (Å²) < 4.78 is 26.9. The molecule has 1 aliphatic heterocycles. The van der Waals surface area contributed by atoms with Crippen LogP contribution in [0.1, 0.15) is 38.7 Å². The molecule has 2 rings (SSSR count). The van der Waals surface area contributed by atoms with Gasteiger partial charge in [-0.05, 0) is 37.0 Å². The summed E-state index contributed by atoms with van der Waals surface area (Å²) >= 11 is 0. The van der Waals surface area contributed by atoms with Crippen LogP contribution in [0.15, 0.2) is 29.2 Å². The van der Waals surface area contributed by atoms with E-state index in [9.17, 15) is 23.4 Å². The number of hydrogen-bond acceptors (Lipinski definition) is 4. The first-order valence-corrected chi connectivity index (χ1v) is 9.72. The van der Waals surface area contributed by atoms with Crippen LogP contribution in [0.2, 0.25) is 0 Å². The Morgan fingerprint density at radius 3 is 2.42 bits per heavy atom. The van der Waals surface area contributed by atoms with Gasteiger partial charge in [-0.1, -0.05) is 32.4 Å². The quantitative estimate of drug-likeness (QED) is 0.812. The summed E-state index contributed by atoms with van der Waals surface area (Å²) in [6.07, 6.45) is 0.698. The maximum absolute atomic E-state index is 12.9. The normalized spacial score (nSPS) is 25.5. The van der Waals surface area contributed by atoms with Gasteiger partial charge in [0.1, 0.15) is 5.41 Å². The largest absolute Gasteiger partial charge is 0.481 e. The lowest BCUT2D eigenvalue weighted by atomic mass is 9.74. The van der Waals surface area contributed by atoms with Gasteiger partial charge in [-0.25, -0.2) is 8.42 Å². The number of carbonyl (C=O) groups is 1. The van der Waals surface area contributed by atoms with Crippen LogP contribution in [-0.2, 0) is 21.2 Å². The highest BCUT2D eigenvalue weighted by molar-refractivity contribution is 7.89. The molecule has 1 fully saturated rings. The maximum Gasteiger partial charge on any atom is 0.313 e. The Morgan fingerprint density at radius 1 is 1.29 bits per heavy atom. The first-order valence-electron chi connectivity index (χ1n) is 8.28. The van der Waals surface area contributed by atoms with Crippen LogP contribution in [0.4, 0.5) is 0 Å². The van der Waals surface area contributed by atoms with Gasteiger partial charge < -0.3 is 10.2 Å². The van der Waals surface area contributed by atoms with Gasteiger partial charge in [0.25, 0.3) is 0 Å². The van der Waals surface area contributed by atoms with Gasteiger partial charge in [0.2, 0.25) is 10.0 Å². The van der Waals surface area contributed by atoms with E-state index in [1.165, 1.54) is 4.31 Å². The molecule has 0 aromatic heterocycles. The lowest BCUT2D eigenvalue weighted by Gasteiger charge is -2.42. The van der Waals surface area contributed by atoms with Crippen LogP contribution in [0.3, 0.4) is 0 Å². The highest BCUT2D eigenvalue weighted by Crippen LogP contribution is 2.37. The smallest absolute Gasteiger partial charge is 0.313 e. The number of rotatable bonds is 6. The Labute approximate surface area is 143 Å². The number of sulfonamides is 1. The summed E-state index contributed by atoms with van der Waals surface area (Å²) in [5.41, 5.74) is -0.405. The summed E-state index contributed by atoms with van der Waals surface area (Å²) in [5, 5.41) is 19.9. The maximum atomic E-state index is 12.9. The zero-order chi connectivity index (χ0) is 18.0. The van der Waals surface area contributed by atoms with Crippen molar-refractivity contribution in [2.75, 3.05) is 13.1 Å². The minimum absolute atomic E-state index is 0.123. The first kappa shape index (κ1) is 18.9. The predicted molar refractivity (Wildman–Crippen MR) is 90.2 cm³/mol. The van der Waals surface area contributed by atoms with Crippen molar-refractivity contribution < 1.29 is 23.4 Å². The molecule has 0 aliphatic carbocycles. The van der Waals surface area contributed by atoms with Crippen molar-refractivity contribution in [2.45, 2.75) is 50.5 Å². The van der Waals surface area contributed by atoms with E-state index >= 15 is 0 Å². The molecule has 7 heteroatoms. The molecule has 1 saturated heterocycles. The number of aliphatic hydroxyl groups is 1. The minimum Gasteiger partial charge on any atom is -0.481 e. The molecule has 24 heavy (non-hydrogen) atoms. The molecule has 1 aromatic rings.